The molecule has 0 N–H and O–H groups in total. The van der Waals surface area contributed by atoms with Crippen LogP contribution in [-0.4, -0.2) is 24.7 Å². The number of allylic oxidation sites excluding steroid dienone is 1. The van der Waals surface area contributed by atoms with Gasteiger partial charge in [-0.05, 0) is 67.7 Å². The number of hydrogen-bond acceptors (Lipinski definition) is 4. The van der Waals surface area contributed by atoms with Gasteiger partial charge in [0.1, 0.15) is 5.76 Å². The van der Waals surface area contributed by atoms with Gasteiger partial charge in [-0.2, -0.15) is 0 Å². The maximum absolute atomic E-state index is 12.8. The predicted molar refractivity (Wildman–Crippen MR) is 104 cm³/mol. The molecule has 3 aliphatic rings. The molecule has 1 aromatic carbocycles. The standard InChI is InChI=1S/C20H20ClNO3S/c1-25-17-7-4-10-26-18(17)15-11-12(8-9-16(15)21)22-19(23)13-5-2-3-6-14(13)20(22)24/h7-9,11,18H,2-6,10H2,1H3. The maximum atomic E-state index is 12.8. The molecule has 0 spiro atoms. The number of carbonyl (C=O) groups is 2. The van der Waals surface area contributed by atoms with Crippen molar-refractivity contribution in [1.29, 1.82) is 0 Å². The van der Waals surface area contributed by atoms with Crippen molar-refractivity contribution in [2.45, 2.75) is 37.4 Å². The fraction of sp³-hybridized carbons (Fsp3) is 0.400. The first-order valence-electron chi connectivity index (χ1n) is 8.87. The second kappa shape index (κ2) is 7.12. The maximum Gasteiger partial charge on any atom is 0.261 e. The van der Waals surface area contributed by atoms with Gasteiger partial charge >= 0.3 is 0 Å². The highest BCUT2D eigenvalue weighted by Gasteiger charge is 2.40. The number of hydrogen-bond donors (Lipinski definition) is 0. The van der Waals surface area contributed by atoms with Crippen molar-refractivity contribution in [3.8, 4) is 0 Å². The molecule has 2 heterocycles. The summed E-state index contributed by atoms with van der Waals surface area (Å²) in [5, 5.41) is 0.601. The van der Waals surface area contributed by atoms with Crippen LogP contribution < -0.4 is 4.90 Å². The Bertz CT molecular complexity index is 817. The van der Waals surface area contributed by atoms with E-state index in [1.165, 1.54) is 4.90 Å². The van der Waals surface area contributed by atoms with Gasteiger partial charge in [-0.3, -0.25) is 9.59 Å². The second-order valence-corrected chi connectivity index (χ2v) is 8.29. The van der Waals surface area contributed by atoms with E-state index in [2.05, 4.69) is 6.08 Å². The van der Waals surface area contributed by atoms with E-state index >= 15 is 0 Å². The number of nitrogens with zero attached hydrogens (tertiary/aromatic N) is 1. The molecule has 0 fully saturated rings. The summed E-state index contributed by atoms with van der Waals surface area (Å²) in [6, 6.07) is 5.39. The summed E-state index contributed by atoms with van der Waals surface area (Å²) in [5.74, 6) is 1.51. The van der Waals surface area contributed by atoms with Crippen LogP contribution in [-0.2, 0) is 14.3 Å². The van der Waals surface area contributed by atoms with E-state index in [0.717, 1.165) is 36.3 Å². The lowest BCUT2D eigenvalue weighted by molar-refractivity contribution is -0.120. The Morgan fingerprint density at radius 3 is 2.50 bits per heavy atom. The molecule has 4 rings (SSSR count). The van der Waals surface area contributed by atoms with Crippen LogP contribution in [0.1, 0.15) is 42.9 Å². The molecule has 26 heavy (non-hydrogen) atoms. The molecule has 2 amide bonds. The number of imide groups is 1. The van der Waals surface area contributed by atoms with Gasteiger partial charge in [0.2, 0.25) is 0 Å². The molecule has 6 heteroatoms. The van der Waals surface area contributed by atoms with Gasteiger partial charge in [-0.25, -0.2) is 4.90 Å². The van der Waals surface area contributed by atoms with Crippen LogP contribution in [0.5, 0.6) is 0 Å². The summed E-state index contributed by atoms with van der Waals surface area (Å²) in [6.07, 6.45) is 6.38. The second-order valence-electron chi connectivity index (χ2n) is 6.67. The predicted octanol–water partition coefficient (Wildman–Crippen LogP) is 4.79. The number of carbonyl (C=O) groups excluding carboxylic acids is 2. The van der Waals surface area contributed by atoms with E-state index < -0.39 is 0 Å². The van der Waals surface area contributed by atoms with Crippen molar-refractivity contribution < 1.29 is 14.3 Å². The van der Waals surface area contributed by atoms with Crippen LogP contribution in [0.3, 0.4) is 0 Å². The number of anilines is 1. The minimum Gasteiger partial charge on any atom is -0.500 e. The van der Waals surface area contributed by atoms with Crippen molar-refractivity contribution in [3.63, 3.8) is 0 Å². The Kier molecular flexibility index (Phi) is 4.84. The van der Waals surface area contributed by atoms with Crippen LogP contribution in [0, 0.1) is 0 Å². The molecule has 1 unspecified atom stereocenters. The molecule has 0 saturated heterocycles. The molecule has 0 aromatic heterocycles. The first-order chi connectivity index (χ1) is 12.6. The average molecular weight is 390 g/mol. The number of ether oxygens (including phenoxy) is 1. The zero-order valence-electron chi connectivity index (χ0n) is 14.6. The normalized spacial score (nSPS) is 23.2. The number of thioether (sulfide) groups is 1. The largest absolute Gasteiger partial charge is 0.500 e. The van der Waals surface area contributed by atoms with E-state index in [1.807, 2.05) is 6.07 Å². The van der Waals surface area contributed by atoms with E-state index in [9.17, 15) is 9.59 Å². The minimum atomic E-state index is -0.170. The van der Waals surface area contributed by atoms with Crippen LogP contribution in [0.4, 0.5) is 5.69 Å². The number of methoxy groups -OCH3 is 1. The van der Waals surface area contributed by atoms with Gasteiger partial charge in [0, 0.05) is 16.2 Å². The number of rotatable bonds is 3. The van der Waals surface area contributed by atoms with E-state index in [1.54, 1.807) is 31.0 Å². The number of amides is 2. The van der Waals surface area contributed by atoms with Crippen LogP contribution in [0.25, 0.3) is 0 Å². The molecule has 0 radical (unpaired) electrons. The van der Waals surface area contributed by atoms with Crippen molar-refractivity contribution in [2.75, 3.05) is 17.8 Å². The van der Waals surface area contributed by atoms with Crippen LogP contribution >= 0.6 is 23.4 Å². The van der Waals surface area contributed by atoms with Crippen molar-refractivity contribution >= 4 is 40.9 Å². The van der Waals surface area contributed by atoms with E-state index in [0.29, 0.717) is 34.7 Å². The summed E-state index contributed by atoms with van der Waals surface area (Å²) in [7, 11) is 1.66. The molecular weight excluding hydrogens is 370 g/mol. The van der Waals surface area contributed by atoms with Crippen molar-refractivity contribution in [1.82, 2.24) is 0 Å². The van der Waals surface area contributed by atoms with Crippen LogP contribution in [0.15, 0.2) is 41.2 Å². The highest BCUT2D eigenvalue weighted by atomic mass is 35.5. The third kappa shape index (κ3) is 2.87. The molecule has 1 aliphatic carbocycles. The molecule has 0 saturated carbocycles. The zero-order chi connectivity index (χ0) is 18.3. The SMILES string of the molecule is COC1=CCCSC1c1cc(N2C(=O)C3=C(CCCC3)C2=O)ccc1Cl. The third-order valence-corrected chi connectivity index (χ3v) is 6.79. The highest BCUT2D eigenvalue weighted by Crippen LogP contribution is 2.44. The first kappa shape index (κ1) is 17.7. The summed E-state index contributed by atoms with van der Waals surface area (Å²) in [5.41, 5.74) is 2.87. The molecule has 4 nitrogen and oxygen atoms in total. The number of benzene rings is 1. The smallest absolute Gasteiger partial charge is 0.261 e. The molecular formula is C20H20ClNO3S. The quantitative estimate of drug-likeness (QED) is 0.697. The lowest BCUT2D eigenvalue weighted by atomic mass is 9.93. The van der Waals surface area contributed by atoms with Gasteiger partial charge < -0.3 is 4.74 Å². The Morgan fingerprint density at radius 2 is 1.85 bits per heavy atom. The Hall–Kier alpha value is -1.72. The fourth-order valence-corrected chi connectivity index (χ4v) is 5.37. The third-order valence-electron chi connectivity index (χ3n) is 5.15. The summed E-state index contributed by atoms with van der Waals surface area (Å²) >= 11 is 8.22. The molecule has 2 aliphatic heterocycles. The van der Waals surface area contributed by atoms with Gasteiger partial charge in [0.05, 0.1) is 18.0 Å². The Balaban J connectivity index is 1.71. The van der Waals surface area contributed by atoms with Crippen molar-refractivity contribution in [3.05, 3.63) is 51.8 Å². The molecule has 1 atom stereocenters. The Morgan fingerprint density at radius 1 is 1.15 bits per heavy atom. The molecule has 0 bridgehead atoms. The van der Waals surface area contributed by atoms with Gasteiger partial charge in [-0.1, -0.05) is 11.6 Å². The van der Waals surface area contributed by atoms with Gasteiger partial charge in [-0.15, -0.1) is 11.8 Å². The summed E-state index contributed by atoms with van der Waals surface area (Å²) in [4.78, 5) is 27.0. The molecule has 136 valence electrons. The monoisotopic (exact) mass is 389 g/mol. The Labute approximate surface area is 162 Å². The first-order valence-corrected chi connectivity index (χ1v) is 10.3. The van der Waals surface area contributed by atoms with E-state index in [4.69, 9.17) is 16.3 Å². The number of halogens is 1. The van der Waals surface area contributed by atoms with Gasteiger partial charge in [0.25, 0.3) is 11.8 Å². The van der Waals surface area contributed by atoms with Gasteiger partial charge in [0.15, 0.2) is 0 Å². The summed E-state index contributed by atoms with van der Waals surface area (Å²) in [6.45, 7) is 0. The fourth-order valence-electron chi connectivity index (χ4n) is 3.85. The lowest BCUT2D eigenvalue weighted by Crippen LogP contribution is -2.31. The molecule has 1 aromatic rings. The lowest BCUT2D eigenvalue weighted by Gasteiger charge is -2.25. The highest BCUT2D eigenvalue weighted by molar-refractivity contribution is 7.99. The minimum absolute atomic E-state index is 0.0170. The van der Waals surface area contributed by atoms with Crippen LogP contribution in [0.2, 0.25) is 5.02 Å². The van der Waals surface area contributed by atoms with E-state index in [-0.39, 0.29) is 17.1 Å². The van der Waals surface area contributed by atoms with Crippen molar-refractivity contribution in [2.24, 2.45) is 0 Å². The zero-order valence-corrected chi connectivity index (χ0v) is 16.2. The summed E-state index contributed by atoms with van der Waals surface area (Å²) < 4.78 is 5.52. The average Bonchev–Trinajstić information content (AvgIpc) is 2.93. The topological polar surface area (TPSA) is 46.6 Å².